The van der Waals surface area contributed by atoms with Crippen molar-refractivity contribution in [2.75, 3.05) is 13.3 Å². The Bertz CT molecular complexity index is 214. The number of nitrogens with one attached hydrogen (secondary N) is 1. The van der Waals surface area contributed by atoms with Crippen LogP contribution in [-0.4, -0.2) is 24.6 Å². The molecular weight excluding hydrogens is 219 g/mol. The summed E-state index contributed by atoms with van der Waals surface area (Å²) in [7, 11) is 0. The second-order valence-electron chi connectivity index (χ2n) is 4.03. The largest absolute Gasteiger partial charge is 0.412 e. The van der Waals surface area contributed by atoms with Crippen molar-refractivity contribution in [3.63, 3.8) is 0 Å². The van der Waals surface area contributed by atoms with E-state index in [0.29, 0.717) is 18.9 Å². The predicted octanol–water partition coefficient (Wildman–Crippen LogP) is 2.84. The molecule has 16 heavy (non-hydrogen) atoms. The molecule has 0 aliphatic heterocycles. The number of hydrogen-bond donors (Lipinski definition) is 2. The lowest BCUT2D eigenvalue weighted by Crippen LogP contribution is -2.21. The number of allylic oxidation sites excluding steroid dienone is 2. The van der Waals surface area contributed by atoms with E-state index >= 15 is 0 Å². The minimum absolute atomic E-state index is 0.0581. The Morgan fingerprint density at radius 2 is 2.06 bits per heavy atom. The van der Waals surface area contributed by atoms with E-state index in [1.807, 2.05) is 6.92 Å². The predicted molar refractivity (Wildman–Crippen MR) is 57.9 cm³/mol. The van der Waals surface area contributed by atoms with Gasteiger partial charge in [0.2, 0.25) is 0 Å². The molecule has 0 radical (unpaired) electrons. The summed E-state index contributed by atoms with van der Waals surface area (Å²) in [6.45, 7) is 3.73. The van der Waals surface area contributed by atoms with Gasteiger partial charge < -0.3 is 5.11 Å². The lowest BCUT2D eigenvalue weighted by atomic mass is 10.0. The third kappa shape index (κ3) is 7.70. The molecule has 2 nitrogen and oxygen atoms in total. The van der Waals surface area contributed by atoms with Gasteiger partial charge >= 0.3 is 6.18 Å². The van der Waals surface area contributed by atoms with Crippen LogP contribution < -0.4 is 5.32 Å². The second kappa shape index (κ2) is 7.68. The summed E-state index contributed by atoms with van der Waals surface area (Å²) in [5.41, 5.74) is -0.520. The molecule has 0 amide bonds. The summed E-state index contributed by atoms with van der Waals surface area (Å²) >= 11 is 0. The van der Waals surface area contributed by atoms with Crippen LogP contribution in [-0.2, 0) is 0 Å². The van der Waals surface area contributed by atoms with Crippen LogP contribution in [0.1, 0.15) is 33.1 Å². The van der Waals surface area contributed by atoms with Crippen molar-refractivity contribution in [2.45, 2.75) is 39.3 Å². The lowest BCUT2D eigenvalue weighted by Gasteiger charge is -2.10. The molecule has 2 N–H and O–H groups in total. The number of unbranched alkanes of at least 4 members (excludes halogenated alkanes) is 1. The molecule has 0 aliphatic carbocycles. The van der Waals surface area contributed by atoms with Crippen LogP contribution in [0, 0.1) is 5.92 Å². The number of aliphatic hydroxyl groups excluding tert-OH is 1. The van der Waals surface area contributed by atoms with Crippen LogP contribution in [0.2, 0.25) is 0 Å². The Labute approximate surface area is 94.5 Å². The van der Waals surface area contributed by atoms with Crippen molar-refractivity contribution in [3.8, 4) is 0 Å². The number of alkyl halides is 3. The summed E-state index contributed by atoms with van der Waals surface area (Å²) in [6, 6.07) is 0. The van der Waals surface area contributed by atoms with Crippen molar-refractivity contribution in [1.82, 2.24) is 5.32 Å². The fraction of sp³-hybridized carbons (Fsp3) is 0.818. The van der Waals surface area contributed by atoms with Gasteiger partial charge in [-0.3, -0.25) is 5.32 Å². The number of hydrogen-bond acceptors (Lipinski definition) is 2. The van der Waals surface area contributed by atoms with Gasteiger partial charge in [0.1, 0.15) is 0 Å². The fourth-order valence-electron chi connectivity index (χ4n) is 1.31. The maximum atomic E-state index is 12.1. The van der Waals surface area contributed by atoms with Crippen molar-refractivity contribution in [2.24, 2.45) is 5.92 Å². The zero-order valence-corrected chi connectivity index (χ0v) is 9.77. The van der Waals surface area contributed by atoms with Crippen molar-refractivity contribution in [1.29, 1.82) is 0 Å². The molecule has 0 heterocycles. The Balaban J connectivity index is 3.67. The van der Waals surface area contributed by atoms with Gasteiger partial charge in [0, 0.05) is 5.57 Å². The van der Waals surface area contributed by atoms with E-state index in [1.165, 1.54) is 6.08 Å². The van der Waals surface area contributed by atoms with Gasteiger partial charge in [0.05, 0.1) is 6.73 Å². The fourth-order valence-corrected chi connectivity index (χ4v) is 1.31. The quantitative estimate of drug-likeness (QED) is 0.407. The van der Waals surface area contributed by atoms with Crippen LogP contribution in [0.5, 0.6) is 0 Å². The van der Waals surface area contributed by atoms with Crippen molar-refractivity contribution >= 4 is 0 Å². The Hall–Kier alpha value is -0.550. The molecule has 0 saturated heterocycles. The molecule has 0 aromatic carbocycles. The molecule has 0 rings (SSSR count). The van der Waals surface area contributed by atoms with Crippen LogP contribution in [0.15, 0.2) is 11.6 Å². The molecule has 1 unspecified atom stereocenters. The monoisotopic (exact) mass is 239 g/mol. The summed E-state index contributed by atoms with van der Waals surface area (Å²) in [6.07, 6.45) is -0.901. The summed E-state index contributed by atoms with van der Waals surface area (Å²) in [4.78, 5) is 0. The molecule has 1 atom stereocenters. The van der Waals surface area contributed by atoms with E-state index in [1.54, 1.807) is 0 Å². The van der Waals surface area contributed by atoms with Crippen molar-refractivity contribution in [3.05, 3.63) is 11.6 Å². The summed E-state index contributed by atoms with van der Waals surface area (Å²) in [5.74, 6) is 0.367. The SMILES string of the molecule is C/C(=C/CCCC(C)CNCO)C(F)(F)F. The molecule has 5 heteroatoms. The Morgan fingerprint density at radius 1 is 1.44 bits per heavy atom. The van der Waals surface area contributed by atoms with E-state index in [2.05, 4.69) is 5.32 Å². The third-order valence-corrected chi connectivity index (χ3v) is 2.40. The highest BCUT2D eigenvalue weighted by Crippen LogP contribution is 2.25. The highest BCUT2D eigenvalue weighted by atomic mass is 19.4. The zero-order chi connectivity index (χ0) is 12.6. The average molecular weight is 239 g/mol. The first-order valence-electron chi connectivity index (χ1n) is 5.43. The summed E-state index contributed by atoms with van der Waals surface area (Å²) < 4.78 is 36.3. The Kier molecular flexibility index (Phi) is 7.42. The highest BCUT2D eigenvalue weighted by molar-refractivity contribution is 5.04. The highest BCUT2D eigenvalue weighted by Gasteiger charge is 2.29. The number of aliphatic hydroxyl groups is 1. The van der Waals surface area contributed by atoms with Gasteiger partial charge in [-0.2, -0.15) is 13.2 Å². The second-order valence-corrected chi connectivity index (χ2v) is 4.03. The number of rotatable bonds is 7. The first kappa shape index (κ1) is 15.4. The lowest BCUT2D eigenvalue weighted by molar-refractivity contribution is -0.0915. The van der Waals surface area contributed by atoms with Crippen LogP contribution in [0.25, 0.3) is 0 Å². The molecule has 0 saturated carbocycles. The van der Waals surface area contributed by atoms with Crippen LogP contribution in [0.3, 0.4) is 0 Å². The first-order chi connectivity index (χ1) is 7.38. The maximum absolute atomic E-state index is 12.1. The minimum atomic E-state index is -4.19. The van der Waals surface area contributed by atoms with E-state index < -0.39 is 11.7 Å². The molecule has 0 fully saturated rings. The van der Waals surface area contributed by atoms with E-state index in [0.717, 1.165) is 19.8 Å². The normalized spacial score (nSPS) is 15.2. The Morgan fingerprint density at radius 3 is 2.56 bits per heavy atom. The standard InChI is InChI=1S/C11H20F3NO/c1-9(7-15-8-16)5-3-4-6-10(2)11(12,13)14/h6,9,15-16H,3-5,7-8H2,1-2H3/b10-6-. The molecular formula is C11H20F3NO. The molecule has 0 aromatic rings. The van der Waals surface area contributed by atoms with Gasteiger partial charge in [-0.1, -0.05) is 13.0 Å². The average Bonchev–Trinajstić information content (AvgIpc) is 2.19. The zero-order valence-electron chi connectivity index (χ0n) is 9.77. The van der Waals surface area contributed by atoms with Gasteiger partial charge in [-0.15, -0.1) is 0 Å². The first-order valence-corrected chi connectivity index (χ1v) is 5.43. The molecule has 0 aromatic heterocycles. The van der Waals surface area contributed by atoms with E-state index in [4.69, 9.17) is 5.11 Å². The number of halogens is 3. The van der Waals surface area contributed by atoms with Gasteiger partial charge in [0.25, 0.3) is 0 Å². The van der Waals surface area contributed by atoms with Crippen molar-refractivity contribution < 1.29 is 18.3 Å². The van der Waals surface area contributed by atoms with Crippen LogP contribution >= 0.6 is 0 Å². The van der Waals surface area contributed by atoms with E-state index in [9.17, 15) is 13.2 Å². The topological polar surface area (TPSA) is 32.3 Å². The minimum Gasteiger partial charge on any atom is -0.381 e. The maximum Gasteiger partial charge on any atom is 0.412 e. The van der Waals surface area contributed by atoms with Gasteiger partial charge in [-0.05, 0) is 38.6 Å². The molecule has 0 spiro atoms. The summed E-state index contributed by atoms with van der Waals surface area (Å²) in [5, 5.41) is 11.3. The third-order valence-electron chi connectivity index (χ3n) is 2.40. The molecule has 0 bridgehead atoms. The molecule has 0 aliphatic rings. The van der Waals surface area contributed by atoms with Gasteiger partial charge in [-0.25, -0.2) is 0 Å². The molecule has 96 valence electrons. The van der Waals surface area contributed by atoms with Crippen LogP contribution in [0.4, 0.5) is 13.2 Å². The van der Waals surface area contributed by atoms with Gasteiger partial charge in [0.15, 0.2) is 0 Å². The smallest absolute Gasteiger partial charge is 0.381 e. The van der Waals surface area contributed by atoms with E-state index in [-0.39, 0.29) is 6.73 Å².